The summed E-state index contributed by atoms with van der Waals surface area (Å²) in [7, 11) is 1.54. The molecule has 0 saturated heterocycles. The Bertz CT molecular complexity index is 743. The molecule has 0 spiro atoms. The van der Waals surface area contributed by atoms with Gasteiger partial charge in [-0.05, 0) is 42.8 Å². The Hall–Kier alpha value is -1.69. The number of carbonyl (C=O) groups is 1. The highest BCUT2D eigenvalue weighted by molar-refractivity contribution is 7.16. The van der Waals surface area contributed by atoms with Crippen molar-refractivity contribution in [1.29, 1.82) is 0 Å². The molecule has 24 heavy (non-hydrogen) atoms. The minimum Gasteiger partial charge on any atom is -0.493 e. The molecule has 1 N–H and O–H groups in total. The third-order valence-electron chi connectivity index (χ3n) is 3.03. The summed E-state index contributed by atoms with van der Waals surface area (Å²) in [4.78, 5) is 12.9. The molecule has 0 fully saturated rings. The summed E-state index contributed by atoms with van der Waals surface area (Å²) in [5, 5.41) is 3.23. The fourth-order valence-corrected chi connectivity index (χ4v) is 3.27. The molecule has 7 heteroatoms. The van der Waals surface area contributed by atoms with Crippen LogP contribution in [0.5, 0.6) is 11.5 Å². The van der Waals surface area contributed by atoms with E-state index in [2.05, 4.69) is 5.32 Å². The molecule has 0 aliphatic rings. The summed E-state index contributed by atoms with van der Waals surface area (Å²) in [5.74, 6) is 0.818. The van der Waals surface area contributed by atoms with Gasteiger partial charge in [0, 0.05) is 11.0 Å². The van der Waals surface area contributed by atoms with Crippen LogP contribution in [0.4, 0.5) is 0 Å². The molecular weight excluding hydrogens is 369 g/mol. The molecule has 0 atom stereocenters. The summed E-state index contributed by atoms with van der Waals surface area (Å²) in [6, 6.07) is 7.17. The minimum atomic E-state index is -0.205. The Morgan fingerprint density at radius 2 is 2.12 bits per heavy atom. The molecule has 0 unspecified atom stereocenters. The molecule has 0 saturated carbocycles. The van der Waals surface area contributed by atoms with Crippen molar-refractivity contribution >= 4 is 46.5 Å². The van der Waals surface area contributed by atoms with Crippen LogP contribution in [-0.2, 0) is 11.3 Å². The van der Waals surface area contributed by atoms with Gasteiger partial charge in [0.1, 0.15) is 0 Å². The number of methoxy groups -OCH3 is 1. The molecule has 2 rings (SSSR count). The van der Waals surface area contributed by atoms with Gasteiger partial charge in [0.2, 0.25) is 5.91 Å². The normalized spacial score (nSPS) is 10.8. The standard InChI is InChI=1S/C17H17Cl2NO3S/c1-3-23-17-13(18)8-11(9-14(17)22-2)4-7-16(21)20-10-12-5-6-15(19)24-12/h4-9H,3,10H2,1-2H3,(H,20,21)/b7-4+. The number of nitrogens with one attached hydrogen (secondary N) is 1. The van der Waals surface area contributed by atoms with Gasteiger partial charge < -0.3 is 14.8 Å². The van der Waals surface area contributed by atoms with E-state index in [1.165, 1.54) is 17.4 Å². The second kappa shape index (κ2) is 8.97. The van der Waals surface area contributed by atoms with Gasteiger partial charge in [0.05, 0.1) is 29.6 Å². The van der Waals surface area contributed by atoms with Crippen molar-refractivity contribution in [2.75, 3.05) is 13.7 Å². The van der Waals surface area contributed by atoms with Gasteiger partial charge in [0.25, 0.3) is 0 Å². The van der Waals surface area contributed by atoms with Crippen LogP contribution in [0, 0.1) is 0 Å². The van der Waals surface area contributed by atoms with E-state index in [9.17, 15) is 4.79 Å². The number of thiophene rings is 1. The number of carbonyl (C=O) groups excluding carboxylic acids is 1. The lowest BCUT2D eigenvalue weighted by atomic mass is 10.2. The predicted molar refractivity (Wildman–Crippen MR) is 99.4 cm³/mol. The molecule has 0 aliphatic heterocycles. The molecule has 0 aliphatic carbocycles. The first-order valence-electron chi connectivity index (χ1n) is 7.24. The smallest absolute Gasteiger partial charge is 0.244 e. The predicted octanol–water partition coefficient (Wildman–Crippen LogP) is 4.79. The number of halogens is 2. The molecule has 4 nitrogen and oxygen atoms in total. The summed E-state index contributed by atoms with van der Waals surface area (Å²) in [6.07, 6.45) is 3.11. The number of hydrogen-bond acceptors (Lipinski definition) is 4. The second-order valence-electron chi connectivity index (χ2n) is 4.72. The van der Waals surface area contributed by atoms with E-state index >= 15 is 0 Å². The van der Waals surface area contributed by atoms with Gasteiger partial charge >= 0.3 is 0 Å². The van der Waals surface area contributed by atoms with Crippen molar-refractivity contribution in [2.24, 2.45) is 0 Å². The lowest BCUT2D eigenvalue weighted by molar-refractivity contribution is -0.116. The number of hydrogen-bond donors (Lipinski definition) is 1. The lowest BCUT2D eigenvalue weighted by Crippen LogP contribution is -2.19. The highest BCUT2D eigenvalue weighted by atomic mass is 35.5. The van der Waals surface area contributed by atoms with Crippen LogP contribution in [-0.4, -0.2) is 19.6 Å². The largest absolute Gasteiger partial charge is 0.493 e. The number of rotatable bonds is 7. The van der Waals surface area contributed by atoms with Crippen LogP contribution in [0.15, 0.2) is 30.3 Å². The van der Waals surface area contributed by atoms with E-state index < -0.39 is 0 Å². The van der Waals surface area contributed by atoms with Crippen LogP contribution in [0.25, 0.3) is 6.08 Å². The zero-order chi connectivity index (χ0) is 17.5. The van der Waals surface area contributed by atoms with Crippen LogP contribution >= 0.6 is 34.5 Å². The monoisotopic (exact) mass is 385 g/mol. The molecule has 1 heterocycles. The summed E-state index contributed by atoms with van der Waals surface area (Å²) in [5.41, 5.74) is 0.745. The average molecular weight is 386 g/mol. The van der Waals surface area contributed by atoms with E-state index in [0.717, 1.165) is 10.4 Å². The van der Waals surface area contributed by atoms with Gasteiger partial charge in [-0.15, -0.1) is 11.3 Å². The maximum Gasteiger partial charge on any atom is 0.244 e. The van der Waals surface area contributed by atoms with E-state index in [0.29, 0.717) is 34.0 Å². The Labute approximate surface area is 155 Å². The van der Waals surface area contributed by atoms with E-state index in [4.69, 9.17) is 32.7 Å². The molecule has 1 aromatic carbocycles. The van der Waals surface area contributed by atoms with E-state index in [1.807, 2.05) is 13.0 Å². The Kier molecular flexibility index (Phi) is 6.97. The van der Waals surface area contributed by atoms with Gasteiger partial charge in [-0.3, -0.25) is 4.79 Å². The lowest BCUT2D eigenvalue weighted by Gasteiger charge is -2.11. The maximum atomic E-state index is 11.9. The van der Waals surface area contributed by atoms with Crippen molar-refractivity contribution < 1.29 is 14.3 Å². The average Bonchev–Trinajstić information content (AvgIpc) is 2.98. The quantitative estimate of drug-likeness (QED) is 0.696. The van der Waals surface area contributed by atoms with Crippen molar-refractivity contribution in [2.45, 2.75) is 13.5 Å². The van der Waals surface area contributed by atoms with Crippen molar-refractivity contribution in [1.82, 2.24) is 5.32 Å². The van der Waals surface area contributed by atoms with Gasteiger partial charge in [-0.2, -0.15) is 0 Å². The van der Waals surface area contributed by atoms with Crippen LogP contribution in [0.1, 0.15) is 17.4 Å². The number of amides is 1. The molecule has 0 bridgehead atoms. The van der Waals surface area contributed by atoms with Crippen LogP contribution in [0.2, 0.25) is 9.36 Å². The zero-order valence-electron chi connectivity index (χ0n) is 13.3. The fraction of sp³-hybridized carbons (Fsp3) is 0.235. The minimum absolute atomic E-state index is 0.205. The summed E-state index contributed by atoms with van der Waals surface area (Å²) < 4.78 is 11.4. The van der Waals surface area contributed by atoms with Gasteiger partial charge in [0.15, 0.2) is 11.5 Å². The number of benzene rings is 1. The first-order chi connectivity index (χ1) is 11.5. The van der Waals surface area contributed by atoms with E-state index in [1.54, 1.807) is 31.4 Å². The third kappa shape index (κ3) is 5.16. The summed E-state index contributed by atoms with van der Waals surface area (Å²) >= 11 is 13.5. The Morgan fingerprint density at radius 3 is 2.75 bits per heavy atom. The second-order valence-corrected chi connectivity index (χ2v) is 6.93. The first kappa shape index (κ1) is 18.6. The van der Waals surface area contributed by atoms with E-state index in [-0.39, 0.29) is 5.91 Å². The third-order valence-corrected chi connectivity index (χ3v) is 4.55. The highest BCUT2D eigenvalue weighted by Gasteiger charge is 2.10. The SMILES string of the molecule is CCOc1c(Cl)cc(/C=C/C(=O)NCc2ccc(Cl)s2)cc1OC. The summed E-state index contributed by atoms with van der Waals surface area (Å²) in [6.45, 7) is 2.79. The Morgan fingerprint density at radius 1 is 1.33 bits per heavy atom. The van der Waals surface area contributed by atoms with Crippen molar-refractivity contribution in [3.8, 4) is 11.5 Å². The molecule has 0 radical (unpaired) electrons. The molecule has 2 aromatic rings. The Balaban J connectivity index is 2.02. The molecular formula is C17H17Cl2NO3S. The number of ether oxygens (including phenoxy) is 2. The van der Waals surface area contributed by atoms with Crippen LogP contribution < -0.4 is 14.8 Å². The topological polar surface area (TPSA) is 47.6 Å². The molecule has 1 amide bonds. The van der Waals surface area contributed by atoms with Gasteiger partial charge in [-0.1, -0.05) is 23.2 Å². The zero-order valence-corrected chi connectivity index (χ0v) is 15.6. The van der Waals surface area contributed by atoms with Crippen molar-refractivity contribution in [3.05, 3.63) is 50.1 Å². The van der Waals surface area contributed by atoms with Crippen molar-refractivity contribution in [3.63, 3.8) is 0 Å². The van der Waals surface area contributed by atoms with Gasteiger partial charge in [-0.25, -0.2) is 0 Å². The maximum absolute atomic E-state index is 11.9. The highest BCUT2D eigenvalue weighted by Crippen LogP contribution is 2.36. The molecule has 128 valence electrons. The van der Waals surface area contributed by atoms with Crippen LogP contribution in [0.3, 0.4) is 0 Å². The first-order valence-corrected chi connectivity index (χ1v) is 8.81. The molecule has 1 aromatic heterocycles. The fourth-order valence-electron chi connectivity index (χ4n) is 1.97.